The predicted octanol–water partition coefficient (Wildman–Crippen LogP) is 1.58. The van der Waals surface area contributed by atoms with Crippen LogP contribution in [0.15, 0.2) is 29.4 Å². The fourth-order valence-electron chi connectivity index (χ4n) is 2.53. The van der Waals surface area contributed by atoms with Gasteiger partial charge in [-0.05, 0) is 12.1 Å². The number of nitro benzene ring substituents is 1. The molecule has 1 aliphatic heterocycles. The Morgan fingerprint density at radius 3 is 2.92 bits per heavy atom. The lowest BCUT2D eigenvalue weighted by molar-refractivity contribution is -0.384. The van der Waals surface area contributed by atoms with Crippen LogP contribution in [0, 0.1) is 10.1 Å². The smallest absolute Gasteiger partial charge is 0.270 e. The first-order chi connectivity index (χ1) is 12.5. The highest BCUT2D eigenvalue weighted by Crippen LogP contribution is 2.23. The van der Waals surface area contributed by atoms with Gasteiger partial charge in [-0.1, -0.05) is 11.6 Å². The molecule has 1 aromatic carbocycles. The van der Waals surface area contributed by atoms with Gasteiger partial charge in [0, 0.05) is 36.2 Å². The molecular weight excluding hydrogens is 362 g/mol. The van der Waals surface area contributed by atoms with Gasteiger partial charge >= 0.3 is 0 Å². The highest BCUT2D eigenvalue weighted by molar-refractivity contribution is 6.32. The summed E-state index contributed by atoms with van der Waals surface area (Å²) in [6, 6.07) is 5.94. The summed E-state index contributed by atoms with van der Waals surface area (Å²) in [5, 5.41) is 15.5. The third-order valence-electron chi connectivity index (χ3n) is 3.85. The number of aromatic nitrogens is 1. The van der Waals surface area contributed by atoms with E-state index in [2.05, 4.69) is 15.5 Å². The predicted molar refractivity (Wildman–Crippen MR) is 96.4 cm³/mol. The number of pyridine rings is 1. The number of hydrogen-bond donors (Lipinski definition) is 1. The molecule has 2 heterocycles. The maximum absolute atomic E-state index is 11.9. The van der Waals surface area contributed by atoms with E-state index in [9.17, 15) is 14.9 Å². The summed E-state index contributed by atoms with van der Waals surface area (Å²) in [7, 11) is 0. The molecule has 0 unspecified atom stereocenters. The lowest BCUT2D eigenvalue weighted by atomic mass is 10.1. The number of nitrogens with one attached hydrogen (secondary N) is 1. The largest absolute Gasteiger partial charge is 0.379 e. The minimum absolute atomic E-state index is 0.0386. The molecule has 1 saturated heterocycles. The maximum Gasteiger partial charge on any atom is 0.270 e. The molecule has 1 amide bonds. The molecule has 2 aromatic rings. The average Bonchev–Trinajstić information content (AvgIpc) is 2.62. The third kappa shape index (κ3) is 4.51. The molecule has 1 fully saturated rings. The molecule has 9 nitrogen and oxygen atoms in total. The molecule has 10 heteroatoms. The van der Waals surface area contributed by atoms with Crippen molar-refractivity contribution in [2.24, 2.45) is 5.10 Å². The summed E-state index contributed by atoms with van der Waals surface area (Å²) in [5.41, 5.74) is 3.38. The molecule has 0 saturated carbocycles. The number of rotatable bonds is 5. The van der Waals surface area contributed by atoms with E-state index in [0.29, 0.717) is 42.8 Å². The van der Waals surface area contributed by atoms with Crippen molar-refractivity contribution in [3.63, 3.8) is 0 Å². The Balaban J connectivity index is 1.68. The second-order valence-electron chi connectivity index (χ2n) is 5.68. The quantitative estimate of drug-likeness (QED) is 0.366. The van der Waals surface area contributed by atoms with E-state index in [1.165, 1.54) is 24.4 Å². The molecule has 0 bridgehead atoms. The molecule has 0 spiro atoms. The van der Waals surface area contributed by atoms with Crippen LogP contribution in [-0.4, -0.2) is 59.8 Å². The van der Waals surface area contributed by atoms with Gasteiger partial charge in [-0.25, -0.2) is 10.4 Å². The zero-order valence-corrected chi connectivity index (χ0v) is 14.5. The highest BCUT2D eigenvalue weighted by Gasteiger charge is 2.13. The number of carbonyl (C=O) groups excluding carboxylic acids is 1. The van der Waals surface area contributed by atoms with Crippen LogP contribution in [0.3, 0.4) is 0 Å². The van der Waals surface area contributed by atoms with E-state index < -0.39 is 4.92 Å². The second kappa shape index (κ2) is 8.17. The average molecular weight is 378 g/mol. The van der Waals surface area contributed by atoms with Crippen LogP contribution in [0.4, 0.5) is 5.69 Å². The Bertz CT molecular complexity index is 867. The summed E-state index contributed by atoms with van der Waals surface area (Å²) in [6.07, 6.45) is 1.37. The van der Waals surface area contributed by atoms with Gasteiger partial charge in [0.1, 0.15) is 5.15 Å². The number of benzene rings is 1. The molecule has 0 aliphatic carbocycles. The molecular formula is C16H16ClN5O4. The van der Waals surface area contributed by atoms with Crippen molar-refractivity contribution in [1.82, 2.24) is 15.3 Å². The van der Waals surface area contributed by atoms with E-state index in [4.69, 9.17) is 16.3 Å². The summed E-state index contributed by atoms with van der Waals surface area (Å²) in [6.45, 7) is 2.87. The SMILES string of the molecule is O=C(CN1CCOCC1)N/N=C\c1cc2cc([N+](=O)[O-])ccc2nc1Cl. The Morgan fingerprint density at radius 2 is 2.19 bits per heavy atom. The number of fused-ring (bicyclic) bond motifs is 1. The zero-order chi connectivity index (χ0) is 18.5. The molecule has 26 heavy (non-hydrogen) atoms. The maximum atomic E-state index is 11.9. The Hall–Kier alpha value is -2.62. The van der Waals surface area contributed by atoms with E-state index >= 15 is 0 Å². The molecule has 1 aromatic heterocycles. The molecule has 1 aliphatic rings. The van der Waals surface area contributed by atoms with Gasteiger partial charge in [0.15, 0.2) is 0 Å². The number of non-ortho nitro benzene ring substituents is 1. The van der Waals surface area contributed by atoms with Crippen LogP contribution in [0.5, 0.6) is 0 Å². The number of hydrogen-bond acceptors (Lipinski definition) is 7. The summed E-state index contributed by atoms with van der Waals surface area (Å²) < 4.78 is 5.22. The lowest BCUT2D eigenvalue weighted by Crippen LogP contribution is -2.42. The van der Waals surface area contributed by atoms with E-state index in [1.807, 2.05) is 4.90 Å². The first kappa shape index (κ1) is 18.2. The summed E-state index contributed by atoms with van der Waals surface area (Å²) >= 11 is 6.11. The second-order valence-corrected chi connectivity index (χ2v) is 6.04. The van der Waals surface area contributed by atoms with Crippen molar-refractivity contribution in [3.05, 3.63) is 45.1 Å². The van der Waals surface area contributed by atoms with Crippen molar-refractivity contribution in [2.75, 3.05) is 32.8 Å². The first-order valence-corrected chi connectivity index (χ1v) is 8.27. The Kier molecular flexibility index (Phi) is 5.71. The van der Waals surface area contributed by atoms with Crippen molar-refractivity contribution >= 4 is 40.3 Å². The Labute approximate surface area is 153 Å². The van der Waals surface area contributed by atoms with Crippen LogP contribution in [0.25, 0.3) is 10.9 Å². The number of halogens is 1. The molecule has 1 N–H and O–H groups in total. The van der Waals surface area contributed by atoms with E-state index in [0.717, 1.165) is 0 Å². The van der Waals surface area contributed by atoms with E-state index in [-0.39, 0.29) is 23.3 Å². The fraction of sp³-hybridized carbons (Fsp3) is 0.312. The van der Waals surface area contributed by atoms with Crippen LogP contribution >= 0.6 is 11.6 Å². The van der Waals surface area contributed by atoms with Gasteiger partial charge in [-0.15, -0.1) is 0 Å². The van der Waals surface area contributed by atoms with Crippen molar-refractivity contribution in [3.8, 4) is 0 Å². The van der Waals surface area contributed by atoms with Gasteiger partial charge in [-0.3, -0.25) is 19.8 Å². The minimum Gasteiger partial charge on any atom is -0.379 e. The number of hydrazone groups is 1. The fourth-order valence-corrected chi connectivity index (χ4v) is 2.73. The van der Waals surface area contributed by atoms with E-state index in [1.54, 1.807) is 6.07 Å². The number of ether oxygens (including phenoxy) is 1. The molecule has 0 radical (unpaired) electrons. The standard InChI is InChI=1S/C16H16ClN5O4/c17-16-12(7-11-8-13(22(24)25)1-2-14(11)19-16)9-18-20-15(23)10-21-3-5-26-6-4-21/h1-2,7-9H,3-6,10H2,(H,20,23)/b18-9-. The van der Waals surface area contributed by atoms with Crippen LogP contribution in [0.2, 0.25) is 5.15 Å². The number of amides is 1. The summed E-state index contributed by atoms with van der Waals surface area (Å²) in [5.74, 6) is -0.247. The minimum atomic E-state index is -0.479. The number of nitro groups is 1. The topological polar surface area (TPSA) is 110 Å². The van der Waals surface area contributed by atoms with Crippen LogP contribution < -0.4 is 5.43 Å². The number of morpholine rings is 1. The first-order valence-electron chi connectivity index (χ1n) is 7.89. The third-order valence-corrected chi connectivity index (χ3v) is 4.16. The van der Waals surface area contributed by atoms with Gasteiger partial charge < -0.3 is 4.74 Å². The molecule has 136 valence electrons. The number of carbonyl (C=O) groups is 1. The monoisotopic (exact) mass is 377 g/mol. The Morgan fingerprint density at radius 1 is 1.42 bits per heavy atom. The molecule has 0 atom stereocenters. The van der Waals surface area contributed by atoms with Crippen molar-refractivity contribution < 1.29 is 14.5 Å². The van der Waals surface area contributed by atoms with Gasteiger partial charge in [0.05, 0.1) is 36.4 Å². The van der Waals surface area contributed by atoms with Gasteiger partial charge in [0.2, 0.25) is 0 Å². The normalized spacial score (nSPS) is 15.4. The van der Waals surface area contributed by atoms with Crippen molar-refractivity contribution in [2.45, 2.75) is 0 Å². The van der Waals surface area contributed by atoms with Gasteiger partial charge in [0.25, 0.3) is 11.6 Å². The molecule has 3 rings (SSSR count). The number of nitrogens with zero attached hydrogens (tertiary/aromatic N) is 4. The van der Waals surface area contributed by atoms with Crippen molar-refractivity contribution in [1.29, 1.82) is 0 Å². The lowest BCUT2D eigenvalue weighted by Gasteiger charge is -2.25. The van der Waals surface area contributed by atoms with Gasteiger partial charge in [-0.2, -0.15) is 5.10 Å². The summed E-state index contributed by atoms with van der Waals surface area (Å²) in [4.78, 5) is 28.4. The van der Waals surface area contributed by atoms with Crippen LogP contribution in [-0.2, 0) is 9.53 Å². The zero-order valence-electron chi connectivity index (χ0n) is 13.7. The van der Waals surface area contributed by atoms with Crippen LogP contribution in [0.1, 0.15) is 5.56 Å². The highest BCUT2D eigenvalue weighted by atomic mass is 35.5.